The van der Waals surface area contributed by atoms with Crippen LogP contribution in [0.25, 0.3) is 0 Å². The molecule has 2 heteroatoms. The Bertz CT molecular complexity index is 47.8. The number of quaternary nitrogens is 1. The maximum atomic E-state index is 8.50. The largest absolute Gasteiger partial charge is 0.390 e. The number of aliphatic hydroxyl groups is 1. The summed E-state index contributed by atoms with van der Waals surface area (Å²) in [4.78, 5) is 0. The molecule has 0 aromatic rings. The Kier molecular flexibility index (Phi) is 5.01. The fourth-order valence-corrected chi connectivity index (χ4v) is 0.584. The van der Waals surface area contributed by atoms with E-state index in [9.17, 15) is 0 Å². The third-order valence-electron chi connectivity index (χ3n) is 1.22. The third-order valence-corrected chi connectivity index (χ3v) is 1.22. The Morgan fingerprint density at radius 3 is 2.62 bits per heavy atom. The van der Waals surface area contributed by atoms with E-state index in [0.29, 0.717) is 0 Å². The van der Waals surface area contributed by atoms with Gasteiger partial charge in [-0.2, -0.15) is 0 Å². The highest BCUT2D eigenvalue weighted by Crippen LogP contribution is 1.94. The number of aliphatic hydroxyl groups excluding tert-OH is 1. The number of unbranched alkanes of at least 4 members (excludes halogenated alkanes) is 1. The van der Waals surface area contributed by atoms with Gasteiger partial charge in [0, 0.05) is 6.42 Å². The first-order chi connectivity index (χ1) is 3.81. The molecule has 0 saturated carbocycles. The van der Waals surface area contributed by atoms with Crippen LogP contribution in [0.5, 0.6) is 0 Å². The Morgan fingerprint density at radius 1 is 1.62 bits per heavy atom. The molecule has 0 aromatic carbocycles. The second-order valence-electron chi connectivity index (χ2n) is 2.19. The van der Waals surface area contributed by atoms with Crippen molar-refractivity contribution in [2.24, 2.45) is 0 Å². The smallest absolute Gasteiger partial charge is 0.108 e. The van der Waals surface area contributed by atoms with Crippen molar-refractivity contribution in [3.05, 3.63) is 0 Å². The first-order valence-corrected chi connectivity index (χ1v) is 3.25. The molecular formula is C6H16NO+. The van der Waals surface area contributed by atoms with Crippen molar-refractivity contribution in [3.63, 3.8) is 0 Å². The topological polar surface area (TPSA) is 47.9 Å². The zero-order valence-corrected chi connectivity index (χ0v) is 5.56. The van der Waals surface area contributed by atoms with E-state index in [2.05, 4.69) is 12.7 Å². The van der Waals surface area contributed by atoms with Gasteiger partial charge in [-0.25, -0.2) is 0 Å². The van der Waals surface area contributed by atoms with Gasteiger partial charge in [-0.05, 0) is 6.42 Å². The second-order valence-corrected chi connectivity index (χ2v) is 2.19. The van der Waals surface area contributed by atoms with E-state index in [0.717, 1.165) is 6.42 Å². The Morgan fingerprint density at radius 2 is 2.25 bits per heavy atom. The van der Waals surface area contributed by atoms with Crippen molar-refractivity contribution >= 4 is 0 Å². The zero-order valence-electron chi connectivity index (χ0n) is 5.56. The monoisotopic (exact) mass is 118 g/mol. The fraction of sp³-hybridized carbons (Fsp3) is 1.00. The van der Waals surface area contributed by atoms with Crippen molar-refractivity contribution in [3.8, 4) is 0 Å². The SMILES string of the molecule is CCCC[C@H]([NH3+])CO. The van der Waals surface area contributed by atoms with Gasteiger partial charge < -0.3 is 10.8 Å². The van der Waals surface area contributed by atoms with Crippen LogP contribution in [-0.2, 0) is 0 Å². The highest BCUT2D eigenvalue weighted by molar-refractivity contribution is 4.48. The highest BCUT2D eigenvalue weighted by atomic mass is 16.3. The van der Waals surface area contributed by atoms with E-state index >= 15 is 0 Å². The lowest BCUT2D eigenvalue weighted by atomic mass is 10.1. The first-order valence-electron chi connectivity index (χ1n) is 3.25. The lowest BCUT2D eigenvalue weighted by molar-refractivity contribution is -0.426. The van der Waals surface area contributed by atoms with Gasteiger partial charge in [-0.1, -0.05) is 13.3 Å². The molecular weight excluding hydrogens is 102 g/mol. The first kappa shape index (κ1) is 7.92. The summed E-state index contributed by atoms with van der Waals surface area (Å²) in [6.45, 7) is 2.38. The van der Waals surface area contributed by atoms with Crippen LogP contribution in [0.1, 0.15) is 26.2 Å². The summed E-state index contributed by atoms with van der Waals surface area (Å²) in [6, 6.07) is 0.259. The minimum absolute atomic E-state index is 0.236. The van der Waals surface area contributed by atoms with Gasteiger partial charge in [0.2, 0.25) is 0 Å². The van der Waals surface area contributed by atoms with Gasteiger partial charge in [0.15, 0.2) is 0 Å². The van der Waals surface area contributed by atoms with E-state index in [-0.39, 0.29) is 12.6 Å². The van der Waals surface area contributed by atoms with E-state index in [1.807, 2.05) is 0 Å². The van der Waals surface area contributed by atoms with Crippen LogP contribution in [0.3, 0.4) is 0 Å². The maximum absolute atomic E-state index is 8.50. The molecule has 2 nitrogen and oxygen atoms in total. The molecule has 0 radical (unpaired) electrons. The van der Waals surface area contributed by atoms with Crippen molar-refractivity contribution in [1.29, 1.82) is 0 Å². The van der Waals surface area contributed by atoms with E-state index in [1.165, 1.54) is 12.8 Å². The van der Waals surface area contributed by atoms with Crippen LogP contribution in [0, 0.1) is 0 Å². The second kappa shape index (κ2) is 5.06. The molecule has 0 fully saturated rings. The average molecular weight is 118 g/mol. The summed E-state index contributed by atoms with van der Waals surface area (Å²) < 4.78 is 0. The Labute approximate surface area is 50.7 Å². The molecule has 0 unspecified atom stereocenters. The molecule has 50 valence electrons. The third kappa shape index (κ3) is 4.09. The molecule has 0 amide bonds. The molecule has 0 saturated heterocycles. The molecule has 0 aliphatic rings. The molecule has 0 aromatic heterocycles. The molecule has 0 aliphatic carbocycles. The van der Waals surface area contributed by atoms with Crippen molar-refractivity contribution < 1.29 is 10.8 Å². The van der Waals surface area contributed by atoms with Gasteiger partial charge in [-0.3, -0.25) is 0 Å². The summed E-state index contributed by atoms with van der Waals surface area (Å²) in [5.74, 6) is 0. The van der Waals surface area contributed by atoms with Crippen molar-refractivity contribution in [1.82, 2.24) is 0 Å². The van der Waals surface area contributed by atoms with E-state index in [4.69, 9.17) is 5.11 Å². The molecule has 1 atom stereocenters. The summed E-state index contributed by atoms with van der Waals surface area (Å²) >= 11 is 0. The minimum atomic E-state index is 0.236. The average Bonchev–Trinajstić information content (AvgIpc) is 1.83. The predicted molar refractivity (Wildman–Crippen MR) is 33.3 cm³/mol. The summed E-state index contributed by atoms with van der Waals surface area (Å²) in [5, 5.41) is 8.50. The van der Waals surface area contributed by atoms with Gasteiger partial charge in [0.25, 0.3) is 0 Å². The van der Waals surface area contributed by atoms with Crippen LogP contribution in [0.4, 0.5) is 0 Å². The Hall–Kier alpha value is -0.0800. The van der Waals surface area contributed by atoms with Crippen LogP contribution in [0.2, 0.25) is 0 Å². The molecule has 0 heterocycles. The normalized spacial score (nSPS) is 13.9. The predicted octanol–water partition coefficient (Wildman–Crippen LogP) is -0.221. The number of rotatable bonds is 4. The molecule has 8 heavy (non-hydrogen) atoms. The van der Waals surface area contributed by atoms with Gasteiger partial charge in [0.1, 0.15) is 6.04 Å². The lowest BCUT2D eigenvalue weighted by Gasteiger charge is -2.00. The van der Waals surface area contributed by atoms with Crippen LogP contribution in [0.15, 0.2) is 0 Å². The molecule has 0 rings (SSSR count). The molecule has 4 N–H and O–H groups in total. The summed E-state index contributed by atoms with van der Waals surface area (Å²) in [7, 11) is 0. The van der Waals surface area contributed by atoms with Crippen molar-refractivity contribution in [2.75, 3.05) is 6.61 Å². The number of hydrogen-bond acceptors (Lipinski definition) is 1. The number of hydrogen-bond donors (Lipinski definition) is 2. The van der Waals surface area contributed by atoms with Crippen LogP contribution < -0.4 is 5.73 Å². The van der Waals surface area contributed by atoms with Crippen LogP contribution >= 0.6 is 0 Å². The fourth-order valence-electron chi connectivity index (χ4n) is 0.584. The molecule has 0 spiro atoms. The van der Waals surface area contributed by atoms with E-state index in [1.54, 1.807) is 0 Å². The summed E-state index contributed by atoms with van der Waals surface area (Å²) in [5.41, 5.74) is 3.74. The maximum Gasteiger partial charge on any atom is 0.108 e. The van der Waals surface area contributed by atoms with Crippen molar-refractivity contribution in [2.45, 2.75) is 32.2 Å². The molecule has 0 bridgehead atoms. The van der Waals surface area contributed by atoms with Gasteiger partial charge in [-0.15, -0.1) is 0 Å². The zero-order chi connectivity index (χ0) is 6.41. The quantitative estimate of drug-likeness (QED) is 0.526. The molecule has 0 aliphatic heterocycles. The Balaban J connectivity index is 2.86. The highest BCUT2D eigenvalue weighted by Gasteiger charge is 2.00. The van der Waals surface area contributed by atoms with Gasteiger partial charge in [0.05, 0.1) is 6.61 Å². The van der Waals surface area contributed by atoms with E-state index < -0.39 is 0 Å². The minimum Gasteiger partial charge on any atom is -0.390 e. The van der Waals surface area contributed by atoms with Gasteiger partial charge >= 0.3 is 0 Å². The summed E-state index contributed by atoms with van der Waals surface area (Å²) in [6.07, 6.45) is 3.45. The standard InChI is InChI=1S/C6H15NO/c1-2-3-4-6(7)5-8/h6,8H,2-5,7H2,1H3/p+1/t6-/m0/s1. The van der Waals surface area contributed by atoms with Crippen LogP contribution in [-0.4, -0.2) is 17.8 Å². The lowest BCUT2D eigenvalue weighted by Crippen LogP contribution is -2.62.